The van der Waals surface area contributed by atoms with Crippen LogP contribution in [0.5, 0.6) is 0 Å². The molecule has 0 amide bonds. The van der Waals surface area contributed by atoms with Crippen molar-refractivity contribution in [3.8, 4) is 0 Å². The summed E-state index contributed by atoms with van der Waals surface area (Å²) in [5.74, 6) is 0. The van der Waals surface area contributed by atoms with Crippen LogP contribution in [0.25, 0.3) is 0 Å². The largest absolute Gasteiger partial charge is 0.591 e. The molecule has 0 radical (unpaired) electrons. The molecule has 2 aromatic rings. The van der Waals surface area contributed by atoms with Gasteiger partial charge in [0.05, 0.1) is 24.1 Å². The van der Waals surface area contributed by atoms with Gasteiger partial charge in [-0.1, -0.05) is 49.2 Å². The Kier molecular flexibility index (Phi) is 7.69. The quantitative estimate of drug-likeness (QED) is 0.438. The molecular weight excluding hydrogens is 364 g/mol. The van der Waals surface area contributed by atoms with Crippen LogP contribution in [-0.2, 0) is 24.3 Å². The summed E-state index contributed by atoms with van der Waals surface area (Å²) in [5, 5.41) is 3.45. The molecule has 0 aromatic heterocycles. The van der Waals surface area contributed by atoms with Crippen LogP contribution in [0, 0.1) is 0 Å². The van der Waals surface area contributed by atoms with Gasteiger partial charge in [0.25, 0.3) is 0 Å². The molecule has 0 saturated carbocycles. The maximum Gasteiger partial charge on any atom is 0.217 e. The van der Waals surface area contributed by atoms with Crippen LogP contribution in [-0.4, -0.2) is 15.8 Å². The Morgan fingerprint density at radius 3 is 2.15 bits per heavy atom. The maximum atomic E-state index is 12.3. The van der Waals surface area contributed by atoms with Gasteiger partial charge in [-0.25, -0.2) is 0 Å². The minimum atomic E-state index is -1.29. The predicted molar refractivity (Wildman–Crippen MR) is 115 cm³/mol. The fourth-order valence-corrected chi connectivity index (χ4v) is 3.89. The highest BCUT2D eigenvalue weighted by Gasteiger charge is 2.33. The van der Waals surface area contributed by atoms with Crippen LogP contribution in [0.15, 0.2) is 48.5 Å². The molecule has 3 nitrogen and oxygen atoms in total. The molecule has 1 N–H and O–H groups in total. The van der Waals surface area contributed by atoms with Crippen molar-refractivity contribution in [1.82, 2.24) is 0 Å². The number of hydrogen-bond donors (Lipinski definition) is 1. The number of nitrogens with one attached hydrogen (secondary N) is 1. The van der Waals surface area contributed by atoms with Gasteiger partial charge in [0, 0.05) is 26.1 Å². The minimum absolute atomic E-state index is 0.752. The summed E-state index contributed by atoms with van der Waals surface area (Å²) in [7, 11) is 1.80. The first-order valence-corrected chi connectivity index (χ1v) is 10.6. The second kappa shape index (κ2) is 9.54. The van der Waals surface area contributed by atoms with Crippen molar-refractivity contribution in [3.05, 3.63) is 59.7 Å². The smallest absolute Gasteiger partial charge is 0.217 e. The van der Waals surface area contributed by atoms with Crippen LogP contribution < -0.4 is 9.62 Å². The van der Waals surface area contributed by atoms with Crippen LogP contribution in [0.3, 0.4) is 0 Å². The molecule has 1 atom stereocenters. The van der Waals surface area contributed by atoms with Gasteiger partial charge in [0.15, 0.2) is 0 Å². The lowest BCUT2D eigenvalue weighted by molar-refractivity contribution is 0.578. The van der Waals surface area contributed by atoms with Gasteiger partial charge in [-0.3, -0.25) is 0 Å². The Bertz CT molecular complexity index is 668. The molecule has 2 rings (SSSR count). The zero-order valence-electron chi connectivity index (χ0n) is 16.1. The number of alkyl halides is 1. The van der Waals surface area contributed by atoms with Gasteiger partial charge < -0.3 is 9.87 Å². The van der Waals surface area contributed by atoms with Crippen molar-refractivity contribution in [2.45, 2.75) is 50.8 Å². The third-order valence-corrected chi connectivity index (χ3v) is 6.17. The summed E-state index contributed by atoms with van der Waals surface area (Å²) in [6, 6.07) is 16.7. The fraction of sp³-hybridized carbons (Fsp3) is 0.429. The molecule has 26 heavy (non-hydrogen) atoms. The molecular formula is C21H29ClN2OS. The van der Waals surface area contributed by atoms with Gasteiger partial charge >= 0.3 is 0 Å². The molecule has 0 aliphatic carbocycles. The Labute approximate surface area is 166 Å². The first-order valence-electron chi connectivity index (χ1n) is 9.07. The first kappa shape index (κ1) is 20.9. The summed E-state index contributed by atoms with van der Waals surface area (Å²) in [6.07, 6.45) is 3.60. The third-order valence-electron chi connectivity index (χ3n) is 4.23. The van der Waals surface area contributed by atoms with E-state index in [-0.39, 0.29) is 0 Å². The molecule has 1 unspecified atom stereocenters. The Hall–Kier alpha value is -1.36. The van der Waals surface area contributed by atoms with E-state index < -0.39 is 15.6 Å². The van der Waals surface area contributed by atoms with Crippen molar-refractivity contribution >= 4 is 34.3 Å². The topological polar surface area (TPSA) is 38.3 Å². The number of aryl methyl sites for hydroxylation is 1. The third kappa shape index (κ3) is 6.11. The number of anilines is 2. The number of halogens is 1. The van der Waals surface area contributed by atoms with Gasteiger partial charge in [0.1, 0.15) is 0 Å². The Morgan fingerprint density at radius 2 is 1.62 bits per heavy atom. The summed E-state index contributed by atoms with van der Waals surface area (Å²) >= 11 is 4.87. The lowest BCUT2D eigenvalue weighted by Gasteiger charge is -2.29. The SMILES string of the molecule is CCCCc1ccc(NCc2ccc(N(C)[S+]([O-])C(C)(C)Cl)cc2)cc1. The van der Waals surface area contributed by atoms with Crippen molar-refractivity contribution in [2.24, 2.45) is 0 Å². The lowest BCUT2D eigenvalue weighted by Crippen LogP contribution is -2.39. The predicted octanol–water partition coefficient (Wildman–Crippen LogP) is 5.72. The van der Waals surface area contributed by atoms with Crippen LogP contribution in [0.4, 0.5) is 11.4 Å². The summed E-state index contributed by atoms with van der Waals surface area (Å²) < 4.78 is 13.3. The Morgan fingerprint density at radius 1 is 1.04 bits per heavy atom. The Balaban J connectivity index is 1.91. The highest BCUT2D eigenvalue weighted by molar-refractivity contribution is 7.95. The zero-order chi connectivity index (χ0) is 19.2. The maximum absolute atomic E-state index is 12.3. The minimum Gasteiger partial charge on any atom is -0.591 e. The molecule has 0 bridgehead atoms. The van der Waals surface area contributed by atoms with E-state index in [1.165, 1.54) is 24.0 Å². The second-order valence-corrected chi connectivity index (χ2v) is 10.2. The van der Waals surface area contributed by atoms with Crippen molar-refractivity contribution in [1.29, 1.82) is 0 Å². The molecule has 0 aliphatic heterocycles. The van der Waals surface area contributed by atoms with E-state index in [4.69, 9.17) is 11.6 Å². The number of unbranched alkanes of at least 4 members (excludes halogenated alkanes) is 1. The van der Waals surface area contributed by atoms with E-state index in [0.717, 1.165) is 24.3 Å². The molecule has 2 aromatic carbocycles. The number of hydrogen-bond acceptors (Lipinski definition) is 3. The van der Waals surface area contributed by atoms with Gasteiger partial charge in [-0.05, 0) is 48.2 Å². The molecule has 0 heterocycles. The van der Waals surface area contributed by atoms with E-state index in [1.807, 2.05) is 24.3 Å². The lowest BCUT2D eigenvalue weighted by atomic mass is 10.1. The molecule has 0 spiro atoms. The van der Waals surface area contributed by atoms with Crippen molar-refractivity contribution in [3.63, 3.8) is 0 Å². The van der Waals surface area contributed by atoms with Crippen LogP contribution in [0.1, 0.15) is 44.7 Å². The van der Waals surface area contributed by atoms with E-state index in [9.17, 15) is 4.55 Å². The number of rotatable bonds is 9. The number of benzene rings is 2. The van der Waals surface area contributed by atoms with E-state index in [2.05, 4.69) is 36.5 Å². The molecule has 0 saturated heterocycles. The van der Waals surface area contributed by atoms with Crippen LogP contribution in [0.2, 0.25) is 0 Å². The highest BCUT2D eigenvalue weighted by Crippen LogP contribution is 2.28. The fourth-order valence-electron chi connectivity index (χ4n) is 2.62. The van der Waals surface area contributed by atoms with E-state index in [0.29, 0.717) is 0 Å². The monoisotopic (exact) mass is 392 g/mol. The van der Waals surface area contributed by atoms with Gasteiger partial charge in [-0.15, -0.1) is 0 Å². The summed E-state index contributed by atoms with van der Waals surface area (Å²) in [5.41, 5.74) is 4.57. The molecule has 142 valence electrons. The normalized spacial score (nSPS) is 12.7. The standard InChI is InChI=1S/C21H29ClN2OS/c1-5-6-7-17-8-12-19(13-9-17)23-16-18-10-14-20(15-11-18)24(4)26(25)21(2,3)22/h8-15,23H,5-7,16H2,1-4H3. The average Bonchev–Trinajstić information content (AvgIpc) is 2.64. The first-order chi connectivity index (χ1) is 12.3. The molecule has 0 fully saturated rings. The van der Waals surface area contributed by atoms with E-state index >= 15 is 0 Å². The summed E-state index contributed by atoms with van der Waals surface area (Å²) in [6.45, 7) is 6.48. The molecule has 5 heteroatoms. The van der Waals surface area contributed by atoms with Crippen molar-refractivity contribution in [2.75, 3.05) is 16.7 Å². The molecule has 0 aliphatic rings. The van der Waals surface area contributed by atoms with Gasteiger partial charge in [0.2, 0.25) is 4.21 Å². The zero-order valence-corrected chi connectivity index (χ0v) is 17.7. The second-order valence-electron chi connectivity index (χ2n) is 6.93. The van der Waals surface area contributed by atoms with E-state index in [1.54, 1.807) is 25.2 Å². The highest BCUT2D eigenvalue weighted by atomic mass is 35.5. The number of nitrogens with zero attached hydrogens (tertiary/aromatic N) is 1. The van der Waals surface area contributed by atoms with Gasteiger partial charge in [-0.2, -0.15) is 4.31 Å². The van der Waals surface area contributed by atoms with Crippen molar-refractivity contribution < 1.29 is 4.55 Å². The summed E-state index contributed by atoms with van der Waals surface area (Å²) in [4.78, 5) is 0. The average molecular weight is 393 g/mol. The van der Waals surface area contributed by atoms with Crippen LogP contribution >= 0.6 is 11.6 Å².